The molecule has 1 aliphatic heterocycles. The second kappa shape index (κ2) is 11.8. The van der Waals surface area contributed by atoms with Crippen LogP contribution in [-0.4, -0.2) is 9.97 Å². The standard InChI is InChI=1S/C48H29N3O/c49-30-34-18-13-23-41-46(34)37-28-33(26-27-38(37)48(41)39-21-9-11-24-44(39)52-45-25-12-10-22-40(45)48)35-19-7-8-20-36(35)43-29-42(31-14-3-1-4-15-31)50-47(51-43)32-16-5-2-6-17-32/h1-29H. The quantitative estimate of drug-likeness (QED) is 0.188. The van der Waals surface area contributed by atoms with Crippen LogP contribution in [-0.2, 0) is 5.41 Å². The van der Waals surface area contributed by atoms with Crippen LogP contribution in [0, 0.1) is 11.3 Å². The van der Waals surface area contributed by atoms with E-state index in [1.165, 1.54) is 0 Å². The molecule has 0 atom stereocenters. The van der Waals surface area contributed by atoms with Gasteiger partial charge in [-0.1, -0.05) is 146 Å². The van der Waals surface area contributed by atoms with E-state index >= 15 is 0 Å². The lowest BCUT2D eigenvalue weighted by Gasteiger charge is -2.39. The number of hydrogen-bond acceptors (Lipinski definition) is 4. The highest BCUT2D eigenvalue weighted by Crippen LogP contribution is 2.62. The first-order chi connectivity index (χ1) is 25.7. The van der Waals surface area contributed by atoms with Crippen molar-refractivity contribution in [2.75, 3.05) is 0 Å². The zero-order valence-corrected chi connectivity index (χ0v) is 28.0. The van der Waals surface area contributed by atoms with Crippen LogP contribution in [0.4, 0.5) is 0 Å². The minimum atomic E-state index is -0.650. The van der Waals surface area contributed by atoms with Crippen LogP contribution >= 0.6 is 0 Å². The zero-order valence-electron chi connectivity index (χ0n) is 28.0. The molecule has 1 aliphatic carbocycles. The average molecular weight is 664 g/mol. The van der Waals surface area contributed by atoms with E-state index in [-0.39, 0.29) is 0 Å². The Hall–Kier alpha value is -7.09. The molecule has 7 aromatic carbocycles. The first-order valence-electron chi connectivity index (χ1n) is 17.4. The predicted octanol–water partition coefficient (Wildman–Crippen LogP) is 11.5. The van der Waals surface area contributed by atoms with Gasteiger partial charge in [0.2, 0.25) is 0 Å². The number of para-hydroxylation sites is 2. The molecule has 1 aromatic heterocycles. The van der Waals surface area contributed by atoms with Gasteiger partial charge in [-0.25, -0.2) is 9.97 Å². The first-order valence-corrected chi connectivity index (χ1v) is 17.4. The van der Waals surface area contributed by atoms with Gasteiger partial charge in [0.05, 0.1) is 28.4 Å². The highest BCUT2D eigenvalue weighted by Gasteiger charge is 2.51. The van der Waals surface area contributed by atoms with Crippen molar-refractivity contribution in [2.45, 2.75) is 5.41 Å². The molecule has 0 saturated heterocycles. The maximum atomic E-state index is 10.5. The lowest BCUT2D eigenvalue weighted by atomic mass is 9.66. The average Bonchev–Trinajstić information content (AvgIpc) is 3.51. The summed E-state index contributed by atoms with van der Waals surface area (Å²) in [5.74, 6) is 2.32. The van der Waals surface area contributed by atoms with Crippen LogP contribution in [0.3, 0.4) is 0 Å². The number of benzene rings is 7. The third-order valence-electron chi connectivity index (χ3n) is 10.4. The lowest BCUT2D eigenvalue weighted by Crippen LogP contribution is -2.32. The van der Waals surface area contributed by atoms with E-state index < -0.39 is 5.41 Å². The molecule has 0 amide bonds. The molecule has 0 fully saturated rings. The van der Waals surface area contributed by atoms with E-state index in [0.717, 1.165) is 84.1 Å². The maximum Gasteiger partial charge on any atom is 0.160 e. The van der Waals surface area contributed by atoms with Crippen molar-refractivity contribution in [3.05, 3.63) is 204 Å². The van der Waals surface area contributed by atoms with Gasteiger partial charge in [0, 0.05) is 33.4 Å². The number of hydrogen-bond donors (Lipinski definition) is 0. The Kier molecular flexibility index (Phi) is 6.74. The molecule has 4 nitrogen and oxygen atoms in total. The number of nitriles is 1. The molecule has 8 aromatic rings. The Morgan fingerprint density at radius 1 is 0.442 bits per heavy atom. The Bertz CT molecular complexity index is 2630. The van der Waals surface area contributed by atoms with Crippen LogP contribution in [0.1, 0.15) is 27.8 Å². The minimum Gasteiger partial charge on any atom is -0.457 e. The predicted molar refractivity (Wildman–Crippen MR) is 206 cm³/mol. The summed E-state index contributed by atoms with van der Waals surface area (Å²) < 4.78 is 6.51. The van der Waals surface area contributed by atoms with Crippen molar-refractivity contribution in [1.29, 1.82) is 5.26 Å². The van der Waals surface area contributed by atoms with Gasteiger partial charge in [0.25, 0.3) is 0 Å². The van der Waals surface area contributed by atoms with Gasteiger partial charge in [0.15, 0.2) is 5.82 Å². The summed E-state index contributed by atoms with van der Waals surface area (Å²) in [6.07, 6.45) is 0. The summed E-state index contributed by atoms with van der Waals surface area (Å²) in [7, 11) is 0. The Morgan fingerprint density at radius 2 is 1.04 bits per heavy atom. The van der Waals surface area contributed by atoms with Crippen molar-refractivity contribution in [3.63, 3.8) is 0 Å². The second-order valence-corrected chi connectivity index (χ2v) is 13.2. The molecule has 242 valence electrons. The molecule has 52 heavy (non-hydrogen) atoms. The topological polar surface area (TPSA) is 58.8 Å². The van der Waals surface area contributed by atoms with Crippen molar-refractivity contribution < 1.29 is 4.74 Å². The highest BCUT2D eigenvalue weighted by molar-refractivity contribution is 5.94. The van der Waals surface area contributed by atoms with Gasteiger partial charge < -0.3 is 4.74 Å². The number of nitrogens with zero attached hydrogens (tertiary/aromatic N) is 3. The number of ether oxygens (including phenoxy) is 1. The van der Waals surface area contributed by atoms with E-state index in [2.05, 4.69) is 97.1 Å². The van der Waals surface area contributed by atoms with Gasteiger partial charge in [-0.15, -0.1) is 0 Å². The highest BCUT2D eigenvalue weighted by atomic mass is 16.5. The van der Waals surface area contributed by atoms with E-state index in [9.17, 15) is 5.26 Å². The van der Waals surface area contributed by atoms with E-state index in [0.29, 0.717) is 11.4 Å². The molecule has 0 saturated carbocycles. The smallest absolute Gasteiger partial charge is 0.160 e. The fourth-order valence-electron chi connectivity index (χ4n) is 8.23. The van der Waals surface area contributed by atoms with Gasteiger partial charge in [-0.3, -0.25) is 0 Å². The van der Waals surface area contributed by atoms with Gasteiger partial charge >= 0.3 is 0 Å². The summed E-state index contributed by atoms with van der Waals surface area (Å²) >= 11 is 0. The summed E-state index contributed by atoms with van der Waals surface area (Å²) in [4.78, 5) is 10.2. The summed E-state index contributed by atoms with van der Waals surface area (Å²) in [6, 6.07) is 62.9. The minimum absolute atomic E-state index is 0.650. The number of fused-ring (bicyclic) bond motifs is 9. The molecule has 0 bridgehead atoms. The molecule has 2 aliphatic rings. The van der Waals surface area contributed by atoms with Gasteiger partial charge in [-0.05, 0) is 58.1 Å². The molecule has 10 rings (SSSR count). The Morgan fingerprint density at radius 3 is 1.75 bits per heavy atom. The third kappa shape index (κ3) is 4.40. The molecule has 4 heteroatoms. The normalized spacial score (nSPS) is 12.9. The number of aromatic nitrogens is 2. The first kappa shape index (κ1) is 29.8. The molecule has 0 unspecified atom stereocenters. The lowest BCUT2D eigenvalue weighted by molar-refractivity contribution is 0.436. The summed E-state index contributed by atoms with van der Waals surface area (Å²) in [5.41, 5.74) is 13.1. The molecular weight excluding hydrogens is 635 g/mol. The molecular formula is C48H29N3O. The summed E-state index contributed by atoms with van der Waals surface area (Å²) in [6.45, 7) is 0. The third-order valence-corrected chi connectivity index (χ3v) is 10.4. The maximum absolute atomic E-state index is 10.5. The zero-order chi connectivity index (χ0) is 34.6. The van der Waals surface area contributed by atoms with Crippen LogP contribution in [0.5, 0.6) is 11.5 Å². The van der Waals surface area contributed by atoms with Gasteiger partial charge in [-0.2, -0.15) is 5.26 Å². The van der Waals surface area contributed by atoms with Crippen molar-refractivity contribution in [3.8, 4) is 73.7 Å². The van der Waals surface area contributed by atoms with Crippen molar-refractivity contribution >= 4 is 0 Å². The molecule has 1 spiro atoms. The summed E-state index contributed by atoms with van der Waals surface area (Å²) in [5, 5.41) is 10.5. The van der Waals surface area contributed by atoms with E-state index in [1.807, 2.05) is 84.9 Å². The van der Waals surface area contributed by atoms with E-state index in [4.69, 9.17) is 14.7 Å². The van der Waals surface area contributed by atoms with Crippen molar-refractivity contribution in [2.24, 2.45) is 0 Å². The molecule has 2 heterocycles. The Balaban J connectivity index is 1.21. The monoisotopic (exact) mass is 663 g/mol. The molecule has 0 radical (unpaired) electrons. The fourth-order valence-corrected chi connectivity index (χ4v) is 8.23. The fraction of sp³-hybridized carbons (Fsp3) is 0.0208. The van der Waals surface area contributed by atoms with Crippen molar-refractivity contribution in [1.82, 2.24) is 9.97 Å². The van der Waals surface area contributed by atoms with Crippen LogP contribution in [0.25, 0.3) is 56.2 Å². The van der Waals surface area contributed by atoms with Crippen LogP contribution in [0.15, 0.2) is 176 Å². The largest absolute Gasteiger partial charge is 0.457 e. The Labute approximate surface area is 301 Å². The number of rotatable bonds is 4. The van der Waals surface area contributed by atoms with Crippen LogP contribution < -0.4 is 4.74 Å². The molecule has 0 N–H and O–H groups in total. The second-order valence-electron chi connectivity index (χ2n) is 13.2. The van der Waals surface area contributed by atoms with Gasteiger partial charge in [0.1, 0.15) is 11.5 Å². The van der Waals surface area contributed by atoms with E-state index in [1.54, 1.807) is 0 Å². The van der Waals surface area contributed by atoms with Crippen LogP contribution in [0.2, 0.25) is 0 Å². The SMILES string of the molecule is N#Cc1cccc2c1-c1cc(-c3ccccc3-c3cc(-c4ccccc4)nc(-c4ccccc4)n3)ccc1C21c2ccccc2Oc2ccccc21.